The molecule has 9 atom stereocenters. The van der Waals surface area contributed by atoms with E-state index >= 15 is 0 Å². The average molecular weight is 475 g/mol. The van der Waals surface area contributed by atoms with Gasteiger partial charge in [-0.05, 0) is 87.4 Å². The minimum Gasteiger partial charge on any atom is -0.389 e. The first-order valence-corrected chi connectivity index (χ1v) is 13.9. The molecule has 4 heteroatoms. The Hall–Kier alpha value is -0.420. The minimum atomic E-state index is -1.68. The van der Waals surface area contributed by atoms with Crippen molar-refractivity contribution < 1.29 is 20.4 Å². The zero-order valence-electron chi connectivity index (χ0n) is 22.9. The van der Waals surface area contributed by atoms with Crippen molar-refractivity contribution in [1.29, 1.82) is 0 Å². The summed E-state index contributed by atoms with van der Waals surface area (Å²) < 4.78 is 0. The molecule has 34 heavy (non-hydrogen) atoms. The first kappa shape index (κ1) is 25.2. The second-order valence-corrected chi connectivity index (χ2v) is 15.1. The molecular formula is C30H50O4. The summed E-state index contributed by atoms with van der Waals surface area (Å²) in [4.78, 5) is 0. The Labute approximate surface area is 207 Å². The topological polar surface area (TPSA) is 80.9 Å². The highest BCUT2D eigenvalue weighted by atomic mass is 16.4. The van der Waals surface area contributed by atoms with E-state index in [0.717, 1.165) is 44.1 Å². The molecule has 0 aliphatic heterocycles. The zero-order chi connectivity index (χ0) is 25.4. The molecule has 0 bridgehead atoms. The van der Waals surface area contributed by atoms with Gasteiger partial charge in [0, 0.05) is 16.7 Å². The summed E-state index contributed by atoms with van der Waals surface area (Å²) in [5, 5.41) is 51.0. The fourth-order valence-corrected chi connectivity index (χ4v) is 11.3. The average Bonchev–Trinajstić information content (AvgIpc) is 3.03. The van der Waals surface area contributed by atoms with Crippen molar-refractivity contribution in [3.05, 3.63) is 12.2 Å². The number of hydrogen-bond acceptors (Lipinski definition) is 4. The van der Waals surface area contributed by atoms with E-state index < -0.39 is 33.2 Å². The molecule has 194 valence electrons. The van der Waals surface area contributed by atoms with Gasteiger partial charge in [-0.1, -0.05) is 60.1 Å². The van der Waals surface area contributed by atoms with Gasteiger partial charge >= 0.3 is 0 Å². The summed E-state index contributed by atoms with van der Waals surface area (Å²) >= 11 is 0. The molecule has 0 aromatic carbocycles. The van der Waals surface area contributed by atoms with Crippen LogP contribution >= 0.6 is 0 Å². The molecule has 0 radical (unpaired) electrons. The third kappa shape index (κ3) is 2.17. The van der Waals surface area contributed by atoms with Crippen LogP contribution in [0, 0.1) is 33.0 Å². The van der Waals surface area contributed by atoms with Gasteiger partial charge in [-0.2, -0.15) is 0 Å². The maximum Gasteiger partial charge on any atom is 0.124 e. The SMILES string of the molecule is C=C(C)[C@@H]1CC[C@]2(C)CC[C@@]3(O)[C@]4(C)CC[C@@]5(C)C(C)(C)CCC[C@]5(C)[C@@]4(O)CC[C@]3(O)[C@@]12O. The summed E-state index contributed by atoms with van der Waals surface area (Å²) in [6, 6.07) is 0. The fourth-order valence-electron chi connectivity index (χ4n) is 11.3. The third-order valence-electron chi connectivity index (χ3n) is 14.3. The molecule has 0 aromatic rings. The Balaban J connectivity index is 1.70. The smallest absolute Gasteiger partial charge is 0.124 e. The van der Waals surface area contributed by atoms with Gasteiger partial charge < -0.3 is 20.4 Å². The van der Waals surface area contributed by atoms with Crippen molar-refractivity contribution in [2.45, 2.75) is 141 Å². The molecule has 5 aliphatic rings. The molecule has 0 unspecified atom stereocenters. The maximum atomic E-state index is 12.9. The Kier molecular flexibility index (Phi) is 4.84. The van der Waals surface area contributed by atoms with Crippen molar-refractivity contribution in [1.82, 2.24) is 0 Å². The molecule has 4 N–H and O–H groups in total. The predicted octanol–water partition coefficient (Wildman–Crippen LogP) is 5.51. The van der Waals surface area contributed by atoms with E-state index in [4.69, 9.17) is 0 Å². The summed E-state index contributed by atoms with van der Waals surface area (Å²) in [5.74, 6) is -0.248. The molecule has 0 saturated heterocycles. The van der Waals surface area contributed by atoms with Crippen LogP contribution in [0.25, 0.3) is 0 Å². The lowest BCUT2D eigenvalue weighted by Crippen LogP contribution is -2.88. The number of rotatable bonds is 1. The van der Waals surface area contributed by atoms with Crippen LogP contribution in [0.5, 0.6) is 0 Å². The van der Waals surface area contributed by atoms with E-state index in [2.05, 4.69) is 41.2 Å². The van der Waals surface area contributed by atoms with Crippen LogP contribution in [0.3, 0.4) is 0 Å². The van der Waals surface area contributed by atoms with Gasteiger partial charge in [-0.3, -0.25) is 0 Å². The van der Waals surface area contributed by atoms with Crippen LogP contribution < -0.4 is 0 Å². The largest absolute Gasteiger partial charge is 0.389 e. The normalized spacial score (nSPS) is 60.5. The molecule has 0 aromatic heterocycles. The quantitative estimate of drug-likeness (QED) is 0.378. The molecular weight excluding hydrogens is 424 g/mol. The molecule has 0 amide bonds. The minimum absolute atomic E-state index is 0.0635. The van der Waals surface area contributed by atoms with Crippen LogP contribution in [-0.2, 0) is 0 Å². The van der Waals surface area contributed by atoms with Crippen molar-refractivity contribution in [2.24, 2.45) is 33.0 Å². The number of hydrogen-bond donors (Lipinski definition) is 4. The first-order chi connectivity index (χ1) is 15.4. The van der Waals surface area contributed by atoms with Gasteiger partial charge in [0.25, 0.3) is 0 Å². The molecule has 5 rings (SSSR count). The monoisotopic (exact) mass is 474 g/mol. The molecule has 5 aliphatic carbocycles. The summed E-state index contributed by atoms with van der Waals surface area (Å²) in [6.45, 7) is 19.6. The van der Waals surface area contributed by atoms with E-state index in [-0.39, 0.29) is 28.6 Å². The van der Waals surface area contributed by atoms with Crippen LogP contribution in [0.2, 0.25) is 0 Å². The lowest BCUT2D eigenvalue weighted by Gasteiger charge is -2.79. The van der Waals surface area contributed by atoms with Gasteiger partial charge in [0.05, 0.1) is 5.60 Å². The van der Waals surface area contributed by atoms with Crippen LogP contribution in [0.4, 0.5) is 0 Å². The van der Waals surface area contributed by atoms with Crippen molar-refractivity contribution in [2.75, 3.05) is 0 Å². The number of fused-ring (bicyclic) bond motifs is 7. The Morgan fingerprint density at radius 2 is 1.18 bits per heavy atom. The van der Waals surface area contributed by atoms with Gasteiger partial charge in [0.1, 0.15) is 16.8 Å². The zero-order valence-corrected chi connectivity index (χ0v) is 22.9. The van der Waals surface area contributed by atoms with E-state index in [9.17, 15) is 20.4 Å². The highest BCUT2D eigenvalue weighted by Crippen LogP contribution is 2.80. The van der Waals surface area contributed by atoms with Crippen LogP contribution in [0.1, 0.15) is 119 Å². The van der Waals surface area contributed by atoms with Crippen molar-refractivity contribution >= 4 is 0 Å². The Morgan fingerprint density at radius 3 is 1.79 bits per heavy atom. The lowest BCUT2D eigenvalue weighted by molar-refractivity contribution is -0.414. The molecule has 0 spiro atoms. The first-order valence-electron chi connectivity index (χ1n) is 13.9. The standard InChI is InChI=1S/C30H50O4/c1-20(2)21-10-13-23(5)14-17-28(32)26(8)16-15-24(6)22(3,4)11-9-12-25(24,7)27(26,31)18-19-29(28,33)30(21,23)34/h21,31-34H,1,9-19H2,2-8H3/t21-,23+,24-,25-,26+,27-,28+,29+,30+/m0/s1. The van der Waals surface area contributed by atoms with Crippen LogP contribution in [0.15, 0.2) is 12.2 Å². The molecule has 5 fully saturated rings. The fraction of sp³-hybridized carbons (Fsp3) is 0.933. The molecule has 4 nitrogen and oxygen atoms in total. The lowest BCUT2D eigenvalue weighted by atomic mass is 9.28. The molecule has 5 saturated carbocycles. The highest BCUT2D eigenvalue weighted by Gasteiger charge is 2.85. The summed E-state index contributed by atoms with van der Waals surface area (Å²) in [7, 11) is 0. The van der Waals surface area contributed by atoms with Gasteiger partial charge in [-0.15, -0.1) is 0 Å². The second-order valence-electron chi connectivity index (χ2n) is 15.1. The van der Waals surface area contributed by atoms with Gasteiger partial charge in [-0.25, -0.2) is 0 Å². The van der Waals surface area contributed by atoms with Gasteiger partial charge in [0.15, 0.2) is 0 Å². The second kappa shape index (κ2) is 6.52. The Morgan fingerprint density at radius 1 is 0.618 bits per heavy atom. The van der Waals surface area contributed by atoms with Crippen molar-refractivity contribution in [3.8, 4) is 0 Å². The predicted molar refractivity (Wildman–Crippen MR) is 135 cm³/mol. The van der Waals surface area contributed by atoms with E-state index in [1.54, 1.807) is 0 Å². The highest BCUT2D eigenvalue weighted by molar-refractivity contribution is 5.37. The van der Waals surface area contributed by atoms with E-state index in [0.29, 0.717) is 25.7 Å². The molecule has 0 heterocycles. The van der Waals surface area contributed by atoms with Crippen molar-refractivity contribution in [3.63, 3.8) is 0 Å². The summed E-state index contributed by atoms with van der Waals surface area (Å²) in [5.41, 5.74) is -6.65. The van der Waals surface area contributed by atoms with E-state index in [1.807, 2.05) is 13.8 Å². The van der Waals surface area contributed by atoms with E-state index in [1.165, 1.54) is 0 Å². The number of aliphatic hydroxyl groups is 4. The third-order valence-corrected chi connectivity index (χ3v) is 14.3. The Bertz CT molecular complexity index is 929. The van der Waals surface area contributed by atoms with Gasteiger partial charge in [0.2, 0.25) is 0 Å². The van der Waals surface area contributed by atoms with Crippen LogP contribution in [-0.4, -0.2) is 42.8 Å². The maximum absolute atomic E-state index is 12.9. The summed E-state index contributed by atoms with van der Waals surface area (Å²) in [6.07, 6.45) is 8.02.